The minimum absolute atomic E-state index is 0.152. The lowest BCUT2D eigenvalue weighted by molar-refractivity contribution is 0.0429. The Hall–Kier alpha value is -3.39. The van der Waals surface area contributed by atoms with E-state index in [1.54, 1.807) is 6.92 Å². The molecule has 8 nitrogen and oxygen atoms in total. The minimum Gasteiger partial charge on any atom is -0.506 e. The van der Waals surface area contributed by atoms with Gasteiger partial charge in [-0.3, -0.25) is 4.98 Å². The second-order valence-electron chi connectivity index (χ2n) is 6.29. The molecule has 0 saturated heterocycles. The van der Waals surface area contributed by atoms with Crippen molar-refractivity contribution in [2.24, 2.45) is 0 Å². The van der Waals surface area contributed by atoms with Gasteiger partial charge in [-0.05, 0) is 32.6 Å². The molecule has 1 rings (SSSR count). The Kier molecular flexibility index (Phi) is 12.0. The number of unbranched alkanes of at least 4 members (excludes halogenated alkanes) is 4. The highest BCUT2D eigenvalue weighted by Gasteiger charge is 2.16. The summed E-state index contributed by atoms with van der Waals surface area (Å²) in [6, 6.07) is 0. The van der Waals surface area contributed by atoms with Gasteiger partial charge in [-0.2, -0.15) is 0 Å². The van der Waals surface area contributed by atoms with Crippen molar-refractivity contribution in [1.29, 1.82) is 0 Å². The lowest BCUT2D eigenvalue weighted by Crippen LogP contribution is -2.12. The number of hydrogen-bond donors (Lipinski definition) is 1. The van der Waals surface area contributed by atoms with E-state index >= 15 is 0 Å². The molecular weight excluding hydrogens is 390 g/mol. The number of carbonyl (C=O) groups excluding carboxylic acids is 2. The molecule has 0 aliphatic rings. The maximum Gasteiger partial charge on any atom is 0.508 e. The molecule has 1 aromatic rings. The summed E-state index contributed by atoms with van der Waals surface area (Å²) in [5.74, 6) is 4.85. The molecule has 0 unspecified atom stereocenters. The van der Waals surface area contributed by atoms with Gasteiger partial charge in [0.15, 0.2) is 0 Å². The molecule has 30 heavy (non-hydrogen) atoms. The second-order valence-corrected chi connectivity index (χ2v) is 6.29. The first-order valence-corrected chi connectivity index (χ1v) is 9.62. The zero-order valence-electron chi connectivity index (χ0n) is 17.1. The fraction of sp³-hybridized carbons (Fsp3) is 0.500. The molecule has 8 heteroatoms. The van der Waals surface area contributed by atoms with Gasteiger partial charge < -0.3 is 24.1 Å². The van der Waals surface area contributed by atoms with Crippen LogP contribution in [0, 0.1) is 31.6 Å². The van der Waals surface area contributed by atoms with E-state index in [0.717, 1.165) is 12.8 Å². The van der Waals surface area contributed by atoms with Crippen LogP contribution in [-0.2, 0) is 32.2 Å². The number of nitrogens with zero attached hydrogens (tertiary/aromatic N) is 1. The molecule has 0 fully saturated rings. The predicted octanol–water partition coefficient (Wildman–Crippen LogP) is 4.01. The SMILES string of the molecule is C#CCCCCOC(=O)OCc1cnc(C)c(O)c1COC(=O)OCCCCC#C. The maximum absolute atomic E-state index is 11.7. The van der Waals surface area contributed by atoms with Gasteiger partial charge in [0.1, 0.15) is 19.0 Å². The molecular formula is C22H27NO7. The summed E-state index contributed by atoms with van der Waals surface area (Å²) in [5, 5.41) is 10.3. The Morgan fingerprint density at radius 3 is 2.00 bits per heavy atom. The normalized spacial score (nSPS) is 9.83. The van der Waals surface area contributed by atoms with E-state index in [-0.39, 0.29) is 37.7 Å². The molecule has 0 aliphatic carbocycles. The van der Waals surface area contributed by atoms with Crippen molar-refractivity contribution in [3.05, 3.63) is 23.0 Å². The molecule has 1 heterocycles. The first-order valence-electron chi connectivity index (χ1n) is 9.62. The minimum atomic E-state index is -0.872. The standard InChI is InChI=1S/C22H27NO7/c1-4-6-8-10-12-27-21(25)29-15-18-14-23-17(3)20(24)19(18)16-30-22(26)28-13-11-9-7-5-2/h1-2,14,24H,6-13,15-16H2,3H3. The largest absolute Gasteiger partial charge is 0.508 e. The summed E-state index contributed by atoms with van der Waals surface area (Å²) in [6.07, 6.45) is 14.0. The highest BCUT2D eigenvalue weighted by molar-refractivity contribution is 5.61. The Morgan fingerprint density at radius 1 is 0.933 bits per heavy atom. The summed E-state index contributed by atoms with van der Waals surface area (Å²) in [6.45, 7) is 1.51. The number of ether oxygens (including phenoxy) is 4. The van der Waals surface area contributed by atoms with Crippen LogP contribution < -0.4 is 0 Å². The van der Waals surface area contributed by atoms with Gasteiger partial charge in [0, 0.05) is 30.2 Å². The van der Waals surface area contributed by atoms with Crippen molar-refractivity contribution in [1.82, 2.24) is 4.98 Å². The number of hydrogen-bond acceptors (Lipinski definition) is 8. The topological polar surface area (TPSA) is 104 Å². The first kappa shape index (κ1) is 24.6. The lowest BCUT2D eigenvalue weighted by atomic mass is 10.1. The number of terminal acetylenes is 2. The van der Waals surface area contributed by atoms with E-state index in [2.05, 4.69) is 16.8 Å². The van der Waals surface area contributed by atoms with Crippen LogP contribution in [0.3, 0.4) is 0 Å². The van der Waals surface area contributed by atoms with Crippen LogP contribution in [-0.4, -0.2) is 35.6 Å². The fourth-order valence-corrected chi connectivity index (χ4v) is 2.29. The van der Waals surface area contributed by atoms with E-state index < -0.39 is 12.3 Å². The zero-order valence-corrected chi connectivity index (χ0v) is 17.1. The van der Waals surface area contributed by atoms with Crippen LogP contribution in [0.25, 0.3) is 0 Å². The molecule has 0 aliphatic heterocycles. The number of aromatic nitrogens is 1. The van der Waals surface area contributed by atoms with Crippen LogP contribution in [0.2, 0.25) is 0 Å². The smallest absolute Gasteiger partial charge is 0.506 e. The molecule has 0 spiro atoms. The number of rotatable bonds is 12. The number of pyridine rings is 1. The molecule has 0 aromatic carbocycles. The predicted molar refractivity (Wildman–Crippen MR) is 108 cm³/mol. The third kappa shape index (κ3) is 9.70. The maximum atomic E-state index is 11.7. The number of carbonyl (C=O) groups is 2. The first-order chi connectivity index (χ1) is 14.5. The summed E-state index contributed by atoms with van der Waals surface area (Å²) < 4.78 is 20.0. The molecule has 0 amide bonds. The van der Waals surface area contributed by atoms with Gasteiger partial charge in [0.2, 0.25) is 0 Å². The molecule has 1 N–H and O–H groups in total. The van der Waals surface area contributed by atoms with E-state index in [1.165, 1.54) is 6.20 Å². The quantitative estimate of drug-likeness (QED) is 0.309. The average Bonchev–Trinajstić information content (AvgIpc) is 2.73. The molecule has 0 radical (unpaired) electrons. The molecule has 0 atom stereocenters. The Balaban J connectivity index is 2.52. The molecule has 0 bridgehead atoms. The van der Waals surface area contributed by atoms with Gasteiger partial charge in [-0.1, -0.05) is 0 Å². The van der Waals surface area contributed by atoms with Crippen molar-refractivity contribution in [2.75, 3.05) is 13.2 Å². The van der Waals surface area contributed by atoms with Crippen molar-refractivity contribution in [3.8, 4) is 30.4 Å². The van der Waals surface area contributed by atoms with Crippen LogP contribution >= 0.6 is 0 Å². The molecule has 1 aromatic heterocycles. The van der Waals surface area contributed by atoms with Gasteiger partial charge in [-0.25, -0.2) is 9.59 Å². The van der Waals surface area contributed by atoms with Crippen LogP contribution in [0.15, 0.2) is 6.20 Å². The van der Waals surface area contributed by atoms with Crippen molar-refractivity contribution in [2.45, 2.75) is 58.7 Å². The second kappa shape index (κ2) is 14.6. The summed E-state index contributed by atoms with van der Waals surface area (Å²) in [4.78, 5) is 27.4. The third-order valence-corrected chi connectivity index (χ3v) is 3.98. The van der Waals surface area contributed by atoms with Crippen LogP contribution in [0.4, 0.5) is 9.59 Å². The number of aromatic hydroxyl groups is 1. The summed E-state index contributed by atoms with van der Waals surface area (Å²) >= 11 is 0. The Morgan fingerprint density at radius 2 is 1.47 bits per heavy atom. The number of aryl methyl sites for hydroxylation is 1. The van der Waals surface area contributed by atoms with Crippen LogP contribution in [0.1, 0.15) is 55.3 Å². The summed E-state index contributed by atoms with van der Waals surface area (Å²) in [5.41, 5.74) is 0.994. The van der Waals surface area contributed by atoms with Gasteiger partial charge in [0.05, 0.1) is 18.9 Å². The fourth-order valence-electron chi connectivity index (χ4n) is 2.29. The Labute approximate surface area is 176 Å². The highest BCUT2D eigenvalue weighted by atomic mass is 16.7. The van der Waals surface area contributed by atoms with Crippen LogP contribution in [0.5, 0.6) is 5.75 Å². The van der Waals surface area contributed by atoms with Gasteiger partial charge in [0.25, 0.3) is 0 Å². The van der Waals surface area contributed by atoms with Crippen molar-refractivity contribution >= 4 is 12.3 Å². The van der Waals surface area contributed by atoms with E-state index in [1.807, 2.05) is 0 Å². The lowest BCUT2D eigenvalue weighted by Gasteiger charge is -2.13. The van der Waals surface area contributed by atoms with E-state index in [0.29, 0.717) is 36.9 Å². The third-order valence-electron chi connectivity index (χ3n) is 3.98. The van der Waals surface area contributed by atoms with E-state index in [9.17, 15) is 14.7 Å². The zero-order chi connectivity index (χ0) is 22.2. The Bertz CT molecular complexity index is 777. The van der Waals surface area contributed by atoms with Crippen molar-refractivity contribution < 1.29 is 33.6 Å². The molecule has 162 valence electrons. The van der Waals surface area contributed by atoms with Crippen molar-refractivity contribution in [3.63, 3.8) is 0 Å². The van der Waals surface area contributed by atoms with Gasteiger partial charge in [-0.15, -0.1) is 24.7 Å². The molecule has 0 saturated carbocycles. The monoisotopic (exact) mass is 417 g/mol. The summed E-state index contributed by atoms with van der Waals surface area (Å²) in [7, 11) is 0. The average molecular weight is 417 g/mol. The highest BCUT2D eigenvalue weighted by Crippen LogP contribution is 2.25. The van der Waals surface area contributed by atoms with Gasteiger partial charge >= 0.3 is 12.3 Å². The van der Waals surface area contributed by atoms with E-state index in [4.69, 9.17) is 31.8 Å².